The predicted octanol–water partition coefficient (Wildman–Crippen LogP) is 2.48. The average Bonchev–Trinajstić information content (AvgIpc) is 3.26. The van der Waals surface area contributed by atoms with Crippen molar-refractivity contribution < 1.29 is 14.6 Å². The summed E-state index contributed by atoms with van der Waals surface area (Å²) >= 11 is 0. The van der Waals surface area contributed by atoms with E-state index in [0.29, 0.717) is 29.2 Å². The van der Waals surface area contributed by atoms with Crippen LogP contribution in [0.25, 0.3) is 5.57 Å². The third-order valence-electron chi connectivity index (χ3n) is 5.78. The lowest BCUT2D eigenvalue weighted by molar-refractivity contribution is 0.101. The second-order valence-electron chi connectivity index (χ2n) is 7.69. The highest BCUT2D eigenvalue weighted by molar-refractivity contribution is 6.14. The molecular formula is C23H23N3O3. The van der Waals surface area contributed by atoms with Crippen molar-refractivity contribution in [2.75, 3.05) is 31.9 Å². The number of phenolic OH excluding ortho intramolecular Hbond substituents is 1. The number of nitrogens with two attached hydrogens (primary N) is 1. The molecule has 3 aliphatic rings. The second kappa shape index (κ2) is 7.06. The lowest BCUT2D eigenvalue weighted by Crippen LogP contribution is -2.42. The van der Waals surface area contributed by atoms with Crippen LogP contribution in [-0.2, 0) is 13.0 Å². The van der Waals surface area contributed by atoms with E-state index in [4.69, 9.17) is 10.5 Å². The molecule has 0 radical (unpaired) electrons. The summed E-state index contributed by atoms with van der Waals surface area (Å²) in [6.45, 7) is 4.18. The Bertz CT molecular complexity index is 1070. The van der Waals surface area contributed by atoms with E-state index in [-0.39, 0.29) is 11.5 Å². The number of Topliss-reactive ketones (excluding diaryl/α,β-unsaturated/α-hetero) is 1. The third-order valence-corrected chi connectivity index (χ3v) is 5.78. The molecular weight excluding hydrogens is 366 g/mol. The SMILES string of the molecule is Nc1ccc2c(c1)CC=C2/C=C1\Oc2c(ccc(O)c2CN2CCNCC2)C1=O. The highest BCUT2D eigenvalue weighted by Gasteiger charge is 2.32. The van der Waals surface area contributed by atoms with Crippen LogP contribution in [0.5, 0.6) is 11.5 Å². The molecule has 0 unspecified atom stereocenters. The molecule has 6 nitrogen and oxygen atoms in total. The average molecular weight is 389 g/mol. The Labute approximate surface area is 169 Å². The van der Waals surface area contributed by atoms with Gasteiger partial charge in [-0.25, -0.2) is 0 Å². The molecule has 5 rings (SSSR count). The van der Waals surface area contributed by atoms with Gasteiger partial charge in [0.15, 0.2) is 5.76 Å². The van der Waals surface area contributed by atoms with Crippen molar-refractivity contribution in [3.8, 4) is 11.5 Å². The smallest absolute Gasteiger partial charge is 0.231 e. The Hall–Kier alpha value is -3.09. The van der Waals surface area contributed by atoms with Gasteiger partial charge in [0.05, 0.1) is 11.1 Å². The molecule has 29 heavy (non-hydrogen) atoms. The van der Waals surface area contributed by atoms with Gasteiger partial charge in [-0.15, -0.1) is 0 Å². The van der Waals surface area contributed by atoms with E-state index in [0.717, 1.165) is 55.0 Å². The van der Waals surface area contributed by atoms with Crippen molar-refractivity contribution in [1.29, 1.82) is 0 Å². The summed E-state index contributed by atoms with van der Waals surface area (Å²) in [5.74, 6) is 0.794. The van der Waals surface area contributed by atoms with Gasteiger partial charge < -0.3 is 20.9 Å². The number of hydrogen-bond donors (Lipinski definition) is 3. The van der Waals surface area contributed by atoms with E-state index in [1.807, 2.05) is 18.2 Å². The normalized spacial score (nSPS) is 19.8. The number of carbonyl (C=O) groups is 1. The van der Waals surface area contributed by atoms with Crippen LogP contribution in [0.3, 0.4) is 0 Å². The Morgan fingerprint density at radius 1 is 1.17 bits per heavy atom. The van der Waals surface area contributed by atoms with E-state index in [2.05, 4.69) is 16.3 Å². The molecule has 1 aliphatic carbocycles. The first-order chi connectivity index (χ1) is 14.1. The zero-order valence-corrected chi connectivity index (χ0v) is 16.1. The van der Waals surface area contributed by atoms with E-state index in [1.165, 1.54) is 0 Å². The number of allylic oxidation sites excluding steroid dienone is 4. The molecule has 2 aliphatic heterocycles. The number of anilines is 1. The first kappa shape index (κ1) is 18.0. The number of aromatic hydroxyl groups is 1. The Morgan fingerprint density at radius 2 is 1.97 bits per heavy atom. The molecule has 0 atom stereocenters. The van der Waals surface area contributed by atoms with Gasteiger partial charge in [-0.3, -0.25) is 9.69 Å². The number of ether oxygens (including phenoxy) is 1. The molecule has 2 heterocycles. The molecule has 2 aromatic carbocycles. The van der Waals surface area contributed by atoms with Crippen molar-refractivity contribution >= 4 is 17.0 Å². The zero-order chi connectivity index (χ0) is 20.0. The molecule has 1 saturated heterocycles. The fourth-order valence-corrected chi connectivity index (χ4v) is 4.21. The number of hydrogen-bond acceptors (Lipinski definition) is 6. The van der Waals surface area contributed by atoms with E-state index < -0.39 is 0 Å². The lowest BCUT2D eigenvalue weighted by atomic mass is 10.0. The minimum atomic E-state index is -0.147. The van der Waals surface area contributed by atoms with Crippen LogP contribution in [0.4, 0.5) is 5.69 Å². The molecule has 0 aromatic heterocycles. The summed E-state index contributed by atoms with van der Waals surface area (Å²) < 4.78 is 6.02. The number of phenols is 1. The summed E-state index contributed by atoms with van der Waals surface area (Å²) in [6, 6.07) is 9.05. The number of nitrogen functional groups attached to an aromatic ring is 1. The highest BCUT2D eigenvalue weighted by Crippen LogP contribution is 2.41. The first-order valence-electron chi connectivity index (χ1n) is 9.91. The van der Waals surface area contributed by atoms with E-state index >= 15 is 0 Å². The fraction of sp³-hybridized carbons (Fsp3) is 0.261. The summed E-state index contributed by atoms with van der Waals surface area (Å²) in [5.41, 5.74) is 11.0. The van der Waals surface area contributed by atoms with Gasteiger partial charge in [0.2, 0.25) is 5.78 Å². The van der Waals surface area contributed by atoms with Gasteiger partial charge in [0, 0.05) is 38.4 Å². The van der Waals surface area contributed by atoms with Gasteiger partial charge in [-0.1, -0.05) is 12.1 Å². The number of nitrogens with one attached hydrogen (secondary N) is 1. The van der Waals surface area contributed by atoms with Crippen molar-refractivity contribution in [3.05, 3.63) is 70.5 Å². The number of nitrogens with zero attached hydrogens (tertiary/aromatic N) is 1. The first-order valence-corrected chi connectivity index (χ1v) is 9.91. The molecule has 148 valence electrons. The molecule has 0 saturated carbocycles. The van der Waals surface area contributed by atoms with Crippen molar-refractivity contribution in [3.63, 3.8) is 0 Å². The highest BCUT2D eigenvalue weighted by atomic mass is 16.5. The quantitative estimate of drug-likeness (QED) is 0.552. The Kier molecular flexibility index (Phi) is 4.38. The zero-order valence-electron chi connectivity index (χ0n) is 16.1. The molecule has 2 aromatic rings. The number of benzene rings is 2. The minimum absolute atomic E-state index is 0.147. The van der Waals surface area contributed by atoms with Gasteiger partial charge in [0.25, 0.3) is 0 Å². The van der Waals surface area contributed by atoms with Crippen molar-refractivity contribution in [2.24, 2.45) is 0 Å². The maximum absolute atomic E-state index is 13.0. The van der Waals surface area contributed by atoms with Crippen LogP contribution < -0.4 is 15.8 Å². The topological polar surface area (TPSA) is 87.8 Å². The lowest BCUT2D eigenvalue weighted by Gasteiger charge is -2.27. The maximum atomic E-state index is 13.0. The van der Waals surface area contributed by atoms with Crippen LogP contribution >= 0.6 is 0 Å². The molecule has 1 fully saturated rings. The van der Waals surface area contributed by atoms with Gasteiger partial charge in [-0.2, -0.15) is 0 Å². The summed E-state index contributed by atoms with van der Waals surface area (Å²) in [5, 5.41) is 13.8. The van der Waals surface area contributed by atoms with Crippen LogP contribution in [0.15, 0.2) is 48.2 Å². The number of piperazine rings is 1. The summed E-state index contributed by atoms with van der Waals surface area (Å²) in [6.07, 6.45) is 4.67. The monoisotopic (exact) mass is 389 g/mol. The second-order valence-corrected chi connectivity index (χ2v) is 7.69. The molecule has 6 heteroatoms. The number of ketones is 1. The van der Waals surface area contributed by atoms with Crippen molar-refractivity contribution in [2.45, 2.75) is 13.0 Å². The molecule has 4 N–H and O–H groups in total. The standard InChI is InChI=1S/C23H23N3O3/c24-16-3-4-17-14(11-16)1-2-15(17)12-21-22(28)18-5-6-20(27)19(23(18)29-21)13-26-9-7-25-8-10-26/h2-6,11-12,25,27H,1,7-10,13,24H2/b21-12-. The van der Waals surface area contributed by atoms with Crippen LogP contribution in [0.2, 0.25) is 0 Å². The number of carbonyl (C=O) groups excluding carboxylic acids is 1. The van der Waals surface area contributed by atoms with Gasteiger partial charge >= 0.3 is 0 Å². The largest absolute Gasteiger partial charge is 0.507 e. The van der Waals surface area contributed by atoms with Crippen LogP contribution in [-0.4, -0.2) is 42.0 Å². The molecule has 0 amide bonds. The van der Waals surface area contributed by atoms with Crippen molar-refractivity contribution in [1.82, 2.24) is 10.2 Å². The Morgan fingerprint density at radius 3 is 2.79 bits per heavy atom. The van der Waals surface area contributed by atoms with Gasteiger partial charge in [-0.05, 0) is 53.5 Å². The van der Waals surface area contributed by atoms with Crippen LogP contribution in [0, 0.1) is 0 Å². The minimum Gasteiger partial charge on any atom is -0.507 e. The maximum Gasteiger partial charge on any atom is 0.231 e. The summed E-state index contributed by atoms with van der Waals surface area (Å²) in [7, 11) is 0. The fourth-order valence-electron chi connectivity index (χ4n) is 4.21. The van der Waals surface area contributed by atoms with Crippen LogP contribution in [0.1, 0.15) is 27.0 Å². The van der Waals surface area contributed by atoms with E-state index in [1.54, 1.807) is 18.2 Å². The number of fused-ring (bicyclic) bond motifs is 2. The number of rotatable bonds is 3. The van der Waals surface area contributed by atoms with Gasteiger partial charge in [0.1, 0.15) is 11.5 Å². The van der Waals surface area contributed by atoms with E-state index in [9.17, 15) is 9.90 Å². The third kappa shape index (κ3) is 3.20. The predicted molar refractivity (Wildman–Crippen MR) is 112 cm³/mol. The Balaban J connectivity index is 1.45. The summed E-state index contributed by atoms with van der Waals surface area (Å²) in [4.78, 5) is 15.2. The molecule has 0 spiro atoms. The molecule has 0 bridgehead atoms.